The molecular formula is C20H18N4O2. The van der Waals surface area contributed by atoms with Crippen molar-refractivity contribution >= 4 is 33.3 Å². The van der Waals surface area contributed by atoms with Crippen LogP contribution >= 0.6 is 0 Å². The zero-order valence-corrected chi connectivity index (χ0v) is 14.6. The predicted molar refractivity (Wildman–Crippen MR) is 102 cm³/mol. The number of carbonyl (C=O) groups is 1. The van der Waals surface area contributed by atoms with E-state index in [9.17, 15) is 9.59 Å². The van der Waals surface area contributed by atoms with Crippen molar-refractivity contribution in [1.29, 1.82) is 0 Å². The Bertz CT molecular complexity index is 1200. The number of hydrogen-bond donors (Lipinski definition) is 1. The second-order valence-corrected chi connectivity index (χ2v) is 6.33. The van der Waals surface area contributed by atoms with Crippen molar-refractivity contribution in [3.05, 3.63) is 70.8 Å². The molecule has 6 heteroatoms. The van der Waals surface area contributed by atoms with Gasteiger partial charge in [0, 0.05) is 29.7 Å². The molecule has 0 unspecified atom stereocenters. The first kappa shape index (κ1) is 16.1. The average Bonchev–Trinajstić information content (AvgIpc) is 2.91. The maximum Gasteiger partial charge on any atom is 0.258 e. The van der Waals surface area contributed by atoms with Crippen molar-refractivity contribution in [1.82, 2.24) is 14.3 Å². The largest absolute Gasteiger partial charge is 0.324 e. The molecule has 0 bridgehead atoms. The normalized spacial score (nSPS) is 11.2. The van der Waals surface area contributed by atoms with Crippen LogP contribution in [0.4, 0.5) is 5.69 Å². The van der Waals surface area contributed by atoms with E-state index in [1.54, 1.807) is 16.9 Å². The fourth-order valence-electron chi connectivity index (χ4n) is 3.23. The Kier molecular flexibility index (Phi) is 3.80. The molecule has 0 spiro atoms. The Balaban J connectivity index is 1.58. The van der Waals surface area contributed by atoms with Crippen molar-refractivity contribution < 1.29 is 4.79 Å². The standard InChI is InChI=1S/C20H18N4O2/c1-13-16-8-7-15(11-18(16)23(2)22-13)21-19(25)12-24-10-9-14-5-3-4-6-17(14)20(24)26/h3-11H,12H2,1-2H3,(H,21,25). The summed E-state index contributed by atoms with van der Waals surface area (Å²) in [4.78, 5) is 24.9. The van der Waals surface area contributed by atoms with Crippen LogP contribution in [0.25, 0.3) is 21.7 Å². The van der Waals surface area contributed by atoms with Gasteiger partial charge < -0.3 is 9.88 Å². The number of hydrogen-bond acceptors (Lipinski definition) is 3. The molecule has 1 amide bonds. The van der Waals surface area contributed by atoms with Crippen molar-refractivity contribution in [3.63, 3.8) is 0 Å². The molecule has 2 aromatic carbocycles. The Morgan fingerprint density at radius 3 is 2.77 bits per heavy atom. The van der Waals surface area contributed by atoms with Crippen LogP contribution in [0.5, 0.6) is 0 Å². The van der Waals surface area contributed by atoms with E-state index < -0.39 is 0 Å². The first-order valence-electron chi connectivity index (χ1n) is 8.34. The summed E-state index contributed by atoms with van der Waals surface area (Å²) in [6, 6.07) is 14.9. The minimum absolute atomic E-state index is 0.0356. The summed E-state index contributed by atoms with van der Waals surface area (Å²) in [6.45, 7) is 1.92. The molecule has 0 saturated heterocycles. The first-order valence-corrected chi connectivity index (χ1v) is 8.34. The zero-order valence-electron chi connectivity index (χ0n) is 14.6. The number of nitrogens with zero attached hydrogens (tertiary/aromatic N) is 3. The van der Waals surface area contributed by atoms with Gasteiger partial charge in [-0.15, -0.1) is 0 Å². The number of pyridine rings is 1. The van der Waals surface area contributed by atoms with Gasteiger partial charge in [-0.05, 0) is 42.6 Å². The van der Waals surface area contributed by atoms with Crippen molar-refractivity contribution in [3.8, 4) is 0 Å². The summed E-state index contributed by atoms with van der Waals surface area (Å²) in [6.07, 6.45) is 1.65. The molecule has 4 rings (SSSR count). The lowest BCUT2D eigenvalue weighted by Gasteiger charge is -2.09. The fraction of sp³-hybridized carbons (Fsp3) is 0.150. The van der Waals surface area contributed by atoms with E-state index in [4.69, 9.17) is 0 Å². The molecule has 0 fully saturated rings. The minimum atomic E-state index is -0.249. The van der Waals surface area contributed by atoms with E-state index in [0.717, 1.165) is 22.0 Å². The lowest BCUT2D eigenvalue weighted by atomic mass is 10.2. The SMILES string of the molecule is Cc1nn(C)c2cc(NC(=O)Cn3ccc4ccccc4c3=O)ccc12. The Hall–Kier alpha value is -3.41. The summed E-state index contributed by atoms with van der Waals surface area (Å²) in [5.74, 6) is -0.249. The molecule has 2 aromatic heterocycles. The number of amides is 1. The van der Waals surface area contributed by atoms with Crippen LogP contribution in [-0.4, -0.2) is 20.3 Å². The molecule has 0 aliphatic rings. The molecule has 0 atom stereocenters. The third-order valence-corrected chi connectivity index (χ3v) is 4.52. The quantitative estimate of drug-likeness (QED) is 0.620. The van der Waals surface area contributed by atoms with Crippen molar-refractivity contribution in [2.24, 2.45) is 7.05 Å². The van der Waals surface area contributed by atoms with Gasteiger partial charge >= 0.3 is 0 Å². The fourth-order valence-corrected chi connectivity index (χ4v) is 3.23. The van der Waals surface area contributed by atoms with Crippen LogP contribution < -0.4 is 10.9 Å². The molecule has 2 heterocycles. The van der Waals surface area contributed by atoms with E-state index in [1.165, 1.54) is 4.57 Å². The van der Waals surface area contributed by atoms with Crippen LogP contribution in [0.3, 0.4) is 0 Å². The van der Waals surface area contributed by atoms with Gasteiger partial charge in [0.05, 0.1) is 11.2 Å². The average molecular weight is 346 g/mol. The van der Waals surface area contributed by atoms with Gasteiger partial charge in [0.2, 0.25) is 5.91 Å². The van der Waals surface area contributed by atoms with E-state index >= 15 is 0 Å². The lowest BCUT2D eigenvalue weighted by molar-refractivity contribution is -0.116. The summed E-state index contributed by atoms with van der Waals surface area (Å²) < 4.78 is 3.21. The summed E-state index contributed by atoms with van der Waals surface area (Å²) >= 11 is 0. The van der Waals surface area contributed by atoms with Crippen LogP contribution in [0.2, 0.25) is 0 Å². The van der Waals surface area contributed by atoms with E-state index in [-0.39, 0.29) is 18.0 Å². The van der Waals surface area contributed by atoms with Crippen molar-refractivity contribution in [2.45, 2.75) is 13.5 Å². The Labute approximate surface area is 149 Å². The lowest BCUT2D eigenvalue weighted by Crippen LogP contribution is -2.27. The van der Waals surface area contributed by atoms with Gasteiger partial charge in [-0.1, -0.05) is 18.2 Å². The van der Waals surface area contributed by atoms with Crippen LogP contribution in [0.1, 0.15) is 5.69 Å². The highest BCUT2D eigenvalue weighted by atomic mass is 16.2. The first-order chi connectivity index (χ1) is 12.5. The Morgan fingerprint density at radius 2 is 1.92 bits per heavy atom. The number of fused-ring (bicyclic) bond motifs is 2. The molecule has 0 aliphatic carbocycles. The number of anilines is 1. The number of aryl methyl sites for hydroxylation is 2. The van der Waals surface area contributed by atoms with Crippen LogP contribution in [0, 0.1) is 6.92 Å². The minimum Gasteiger partial charge on any atom is -0.324 e. The van der Waals surface area contributed by atoms with E-state index in [0.29, 0.717) is 11.1 Å². The molecule has 4 aromatic rings. The van der Waals surface area contributed by atoms with Gasteiger partial charge in [-0.25, -0.2) is 0 Å². The van der Waals surface area contributed by atoms with Gasteiger partial charge in [0.25, 0.3) is 5.56 Å². The van der Waals surface area contributed by atoms with Gasteiger partial charge in [-0.2, -0.15) is 5.10 Å². The summed E-state index contributed by atoms with van der Waals surface area (Å²) in [7, 11) is 1.87. The highest BCUT2D eigenvalue weighted by molar-refractivity contribution is 5.94. The zero-order chi connectivity index (χ0) is 18.3. The smallest absolute Gasteiger partial charge is 0.258 e. The molecule has 0 saturated carbocycles. The third kappa shape index (κ3) is 2.75. The summed E-state index contributed by atoms with van der Waals surface area (Å²) in [5, 5.41) is 9.76. The molecule has 130 valence electrons. The van der Waals surface area contributed by atoms with E-state index in [2.05, 4.69) is 10.4 Å². The topological polar surface area (TPSA) is 68.9 Å². The number of carbonyl (C=O) groups excluding carboxylic acids is 1. The third-order valence-electron chi connectivity index (χ3n) is 4.52. The number of benzene rings is 2. The molecule has 26 heavy (non-hydrogen) atoms. The summed E-state index contributed by atoms with van der Waals surface area (Å²) in [5.41, 5.74) is 2.40. The van der Waals surface area contributed by atoms with Gasteiger partial charge in [0.1, 0.15) is 6.54 Å². The highest BCUT2D eigenvalue weighted by Crippen LogP contribution is 2.21. The molecule has 6 nitrogen and oxygen atoms in total. The number of nitrogens with one attached hydrogen (secondary N) is 1. The van der Waals surface area contributed by atoms with Crippen molar-refractivity contribution in [2.75, 3.05) is 5.32 Å². The van der Waals surface area contributed by atoms with Gasteiger partial charge in [0.15, 0.2) is 0 Å². The van der Waals surface area contributed by atoms with E-state index in [1.807, 2.05) is 56.4 Å². The monoisotopic (exact) mass is 346 g/mol. The second-order valence-electron chi connectivity index (χ2n) is 6.33. The van der Waals surface area contributed by atoms with Gasteiger partial charge in [-0.3, -0.25) is 14.3 Å². The highest BCUT2D eigenvalue weighted by Gasteiger charge is 2.10. The molecule has 1 N–H and O–H groups in total. The number of aromatic nitrogens is 3. The number of rotatable bonds is 3. The maximum atomic E-state index is 12.5. The molecular weight excluding hydrogens is 328 g/mol. The Morgan fingerprint density at radius 1 is 1.12 bits per heavy atom. The van der Waals surface area contributed by atoms with Crippen LogP contribution in [-0.2, 0) is 18.4 Å². The molecule has 0 radical (unpaired) electrons. The molecule has 0 aliphatic heterocycles. The predicted octanol–water partition coefficient (Wildman–Crippen LogP) is 2.84. The van der Waals surface area contributed by atoms with Crippen LogP contribution in [0.15, 0.2) is 59.5 Å². The maximum absolute atomic E-state index is 12.5. The second kappa shape index (κ2) is 6.15.